The molecule has 0 saturated carbocycles. The number of anilines is 1. The van der Waals surface area contributed by atoms with Gasteiger partial charge in [0.2, 0.25) is 5.91 Å². The minimum Gasteiger partial charge on any atom is -0.359 e. The molecule has 0 spiro atoms. The Labute approximate surface area is 114 Å². The summed E-state index contributed by atoms with van der Waals surface area (Å²) in [6.07, 6.45) is 1.39. The lowest BCUT2D eigenvalue weighted by Gasteiger charge is -2.22. The smallest absolute Gasteiger partial charge is 0.224 e. The summed E-state index contributed by atoms with van der Waals surface area (Å²) in [4.78, 5) is 21.3. The first kappa shape index (κ1) is 14.2. The van der Waals surface area contributed by atoms with E-state index in [1.807, 2.05) is 18.9 Å². The first-order valence-electron chi connectivity index (χ1n) is 5.06. The number of amides is 1. The lowest BCUT2D eigenvalue weighted by atomic mass is 10.1. The van der Waals surface area contributed by atoms with E-state index in [9.17, 15) is 4.79 Å². The van der Waals surface area contributed by atoms with Crippen LogP contribution in [0, 0.1) is 5.92 Å². The van der Waals surface area contributed by atoms with Gasteiger partial charge in [-0.25, -0.2) is 9.97 Å². The molecule has 0 bridgehead atoms. The highest BCUT2D eigenvalue weighted by Crippen LogP contribution is 2.28. The van der Waals surface area contributed by atoms with Crippen LogP contribution in [0.15, 0.2) is 10.8 Å². The third kappa shape index (κ3) is 3.54. The van der Waals surface area contributed by atoms with E-state index in [1.54, 1.807) is 7.05 Å². The molecule has 1 aromatic heterocycles. The van der Waals surface area contributed by atoms with Crippen LogP contribution in [-0.2, 0) is 4.79 Å². The summed E-state index contributed by atoms with van der Waals surface area (Å²) in [5, 5.41) is 2.97. The number of halogens is 2. The Morgan fingerprint density at radius 2 is 2.29 bits per heavy atom. The quantitative estimate of drug-likeness (QED) is 0.858. The van der Waals surface area contributed by atoms with Crippen LogP contribution in [-0.4, -0.2) is 36.5 Å². The fraction of sp³-hybridized carbons (Fsp3) is 0.500. The van der Waals surface area contributed by atoms with Crippen molar-refractivity contribution in [3.63, 3.8) is 0 Å². The largest absolute Gasteiger partial charge is 0.359 e. The number of rotatable bonds is 4. The summed E-state index contributed by atoms with van der Waals surface area (Å²) in [7, 11) is 3.47. The zero-order valence-electron chi connectivity index (χ0n) is 9.87. The third-order valence-corrected chi connectivity index (χ3v) is 3.58. The molecule has 1 aromatic rings. The van der Waals surface area contributed by atoms with Crippen LogP contribution in [0.3, 0.4) is 0 Å². The summed E-state index contributed by atoms with van der Waals surface area (Å²) in [5.74, 6) is 0.527. The monoisotopic (exact) mass is 320 g/mol. The van der Waals surface area contributed by atoms with Gasteiger partial charge in [0.05, 0.1) is 10.4 Å². The number of aromatic nitrogens is 2. The van der Waals surface area contributed by atoms with Crippen LogP contribution < -0.4 is 10.2 Å². The van der Waals surface area contributed by atoms with Gasteiger partial charge in [0.25, 0.3) is 0 Å². The highest BCUT2D eigenvalue weighted by Gasteiger charge is 2.17. The number of nitrogens with zero attached hydrogens (tertiary/aromatic N) is 3. The average Bonchev–Trinajstić information content (AvgIpc) is 2.31. The van der Waals surface area contributed by atoms with Crippen molar-refractivity contribution in [1.82, 2.24) is 15.3 Å². The van der Waals surface area contributed by atoms with E-state index in [0.29, 0.717) is 22.0 Å². The van der Waals surface area contributed by atoms with Gasteiger partial charge in [-0.3, -0.25) is 4.79 Å². The lowest BCUT2D eigenvalue weighted by Crippen LogP contribution is -2.34. The van der Waals surface area contributed by atoms with Crippen molar-refractivity contribution in [2.24, 2.45) is 5.92 Å². The van der Waals surface area contributed by atoms with Gasteiger partial charge in [0, 0.05) is 20.6 Å². The van der Waals surface area contributed by atoms with Crippen LogP contribution in [0.5, 0.6) is 0 Å². The Balaban J connectivity index is 2.80. The van der Waals surface area contributed by atoms with Crippen LogP contribution in [0.4, 0.5) is 5.82 Å². The molecule has 1 unspecified atom stereocenters. The number of carbonyl (C=O) groups excluding carboxylic acids is 1. The maximum absolute atomic E-state index is 11.4. The van der Waals surface area contributed by atoms with Crippen molar-refractivity contribution < 1.29 is 4.79 Å². The molecule has 94 valence electrons. The Morgan fingerprint density at radius 3 is 2.88 bits per heavy atom. The maximum atomic E-state index is 11.4. The van der Waals surface area contributed by atoms with Crippen LogP contribution in [0.1, 0.15) is 6.92 Å². The van der Waals surface area contributed by atoms with Crippen LogP contribution in [0.25, 0.3) is 0 Å². The van der Waals surface area contributed by atoms with E-state index in [1.165, 1.54) is 6.33 Å². The van der Waals surface area contributed by atoms with E-state index in [2.05, 4.69) is 31.2 Å². The first-order valence-corrected chi connectivity index (χ1v) is 6.23. The van der Waals surface area contributed by atoms with Gasteiger partial charge in [-0.1, -0.05) is 18.5 Å². The van der Waals surface area contributed by atoms with E-state index in [4.69, 9.17) is 11.6 Å². The molecule has 1 rings (SSSR count). The summed E-state index contributed by atoms with van der Waals surface area (Å²) in [6, 6.07) is 0. The third-order valence-electron chi connectivity index (χ3n) is 2.33. The lowest BCUT2D eigenvalue weighted by molar-refractivity contribution is -0.123. The predicted molar refractivity (Wildman–Crippen MR) is 71.2 cm³/mol. The number of nitrogens with one attached hydrogen (secondary N) is 1. The van der Waals surface area contributed by atoms with Gasteiger partial charge >= 0.3 is 0 Å². The summed E-state index contributed by atoms with van der Waals surface area (Å²) >= 11 is 9.21. The molecule has 0 aliphatic heterocycles. The van der Waals surface area contributed by atoms with Crippen molar-refractivity contribution in [2.75, 3.05) is 25.5 Å². The van der Waals surface area contributed by atoms with Gasteiger partial charge in [-0.2, -0.15) is 0 Å². The summed E-state index contributed by atoms with van der Waals surface area (Å²) in [6.45, 7) is 2.40. The summed E-state index contributed by atoms with van der Waals surface area (Å²) < 4.78 is 0.633. The molecule has 0 aromatic carbocycles. The minimum absolute atomic E-state index is 0.00637. The van der Waals surface area contributed by atoms with E-state index in [0.717, 1.165) is 0 Å². The Bertz CT molecular complexity index is 415. The molecule has 7 heteroatoms. The Hall–Kier alpha value is -0.880. The molecule has 1 amide bonds. The maximum Gasteiger partial charge on any atom is 0.224 e. The van der Waals surface area contributed by atoms with Gasteiger partial charge < -0.3 is 10.2 Å². The number of carbonyl (C=O) groups is 1. The minimum atomic E-state index is -0.134. The average molecular weight is 322 g/mol. The summed E-state index contributed by atoms with van der Waals surface area (Å²) in [5.41, 5.74) is 0. The van der Waals surface area contributed by atoms with Crippen molar-refractivity contribution in [3.05, 3.63) is 16.0 Å². The number of hydrogen-bond acceptors (Lipinski definition) is 4. The van der Waals surface area contributed by atoms with Crippen LogP contribution in [0.2, 0.25) is 5.15 Å². The molecule has 5 nitrogen and oxygen atoms in total. The van der Waals surface area contributed by atoms with Gasteiger partial charge in [0.15, 0.2) is 0 Å². The first-order chi connectivity index (χ1) is 7.97. The topological polar surface area (TPSA) is 58.1 Å². The molecule has 1 atom stereocenters. The van der Waals surface area contributed by atoms with Gasteiger partial charge in [-0.05, 0) is 15.9 Å². The molecular formula is C10H14BrClN4O. The Morgan fingerprint density at radius 1 is 1.65 bits per heavy atom. The fourth-order valence-corrected chi connectivity index (χ4v) is 2.07. The normalized spacial score (nSPS) is 12.1. The highest BCUT2D eigenvalue weighted by molar-refractivity contribution is 9.10. The van der Waals surface area contributed by atoms with E-state index >= 15 is 0 Å². The molecular weight excluding hydrogens is 307 g/mol. The predicted octanol–water partition coefficient (Wildman–Crippen LogP) is 1.71. The van der Waals surface area contributed by atoms with Crippen molar-refractivity contribution in [2.45, 2.75) is 6.92 Å². The van der Waals surface area contributed by atoms with Crippen molar-refractivity contribution in [3.8, 4) is 0 Å². The molecule has 0 aliphatic rings. The Kier molecular flexibility index (Phi) is 5.14. The van der Waals surface area contributed by atoms with Crippen molar-refractivity contribution >= 4 is 39.3 Å². The SMILES string of the molecule is CNC(=O)C(C)CN(C)c1ncnc(Cl)c1Br. The standard InChI is InChI=1S/C10H14BrClN4O/c1-6(10(17)13-2)4-16(3)9-7(11)8(12)14-5-15-9/h5-6H,4H2,1-3H3,(H,13,17). The second-order valence-electron chi connectivity index (χ2n) is 3.70. The molecule has 0 aliphatic carbocycles. The van der Waals surface area contributed by atoms with Crippen LogP contribution >= 0.6 is 27.5 Å². The molecule has 1 N–H and O–H groups in total. The highest BCUT2D eigenvalue weighted by atomic mass is 79.9. The number of hydrogen-bond donors (Lipinski definition) is 1. The zero-order chi connectivity index (χ0) is 13.0. The molecule has 1 heterocycles. The van der Waals surface area contributed by atoms with Gasteiger partial charge in [0.1, 0.15) is 17.3 Å². The fourth-order valence-electron chi connectivity index (χ4n) is 1.43. The molecule has 0 saturated heterocycles. The van der Waals surface area contributed by atoms with E-state index < -0.39 is 0 Å². The molecule has 0 radical (unpaired) electrons. The zero-order valence-corrected chi connectivity index (χ0v) is 12.2. The van der Waals surface area contributed by atoms with Gasteiger partial charge in [-0.15, -0.1) is 0 Å². The molecule has 0 fully saturated rings. The van der Waals surface area contributed by atoms with Crippen molar-refractivity contribution in [1.29, 1.82) is 0 Å². The second-order valence-corrected chi connectivity index (χ2v) is 4.85. The van der Waals surface area contributed by atoms with E-state index in [-0.39, 0.29) is 11.8 Å². The second kappa shape index (κ2) is 6.16. The molecule has 17 heavy (non-hydrogen) atoms.